The predicted molar refractivity (Wildman–Crippen MR) is 68.1 cm³/mol. The van der Waals surface area contributed by atoms with E-state index in [9.17, 15) is 8.42 Å². The lowest BCUT2D eigenvalue weighted by atomic mass is 10.2. The second kappa shape index (κ2) is 4.65. The van der Waals surface area contributed by atoms with Gasteiger partial charge < -0.3 is 5.73 Å². The third kappa shape index (κ3) is 2.77. The number of hydrogen-bond donors (Lipinski definition) is 2. The molecule has 0 unspecified atom stereocenters. The standard InChI is InChI=1S/C10H13N5O2S/c1-15-10(12-7-13-15)14-18(16,17)6-8-4-2-3-5-9(8)11/h2-5,7H,6,11H2,1H3,(H,12,13,14). The second-order valence-corrected chi connectivity index (χ2v) is 5.49. The molecular formula is C10H13N5O2S. The van der Waals surface area contributed by atoms with E-state index in [2.05, 4.69) is 14.8 Å². The molecule has 7 nitrogen and oxygen atoms in total. The third-order valence-corrected chi connectivity index (χ3v) is 3.54. The first kappa shape index (κ1) is 12.4. The molecule has 0 fully saturated rings. The van der Waals surface area contributed by atoms with Gasteiger partial charge in [0.15, 0.2) is 0 Å². The van der Waals surface area contributed by atoms with Gasteiger partial charge in [-0.3, -0.25) is 4.72 Å². The Bertz CT molecular complexity index is 650. The van der Waals surface area contributed by atoms with E-state index >= 15 is 0 Å². The smallest absolute Gasteiger partial charge is 0.239 e. The minimum absolute atomic E-state index is 0.171. The van der Waals surface area contributed by atoms with Crippen molar-refractivity contribution < 1.29 is 8.42 Å². The molecule has 8 heteroatoms. The van der Waals surface area contributed by atoms with Gasteiger partial charge in [-0.05, 0) is 11.6 Å². The molecule has 0 radical (unpaired) electrons. The molecule has 1 aromatic heterocycles. The fourth-order valence-corrected chi connectivity index (χ4v) is 2.64. The molecule has 0 aliphatic rings. The van der Waals surface area contributed by atoms with Crippen molar-refractivity contribution in [3.63, 3.8) is 0 Å². The van der Waals surface area contributed by atoms with Crippen molar-refractivity contribution in [2.75, 3.05) is 10.5 Å². The molecule has 1 heterocycles. The molecule has 96 valence electrons. The van der Waals surface area contributed by atoms with Crippen LogP contribution in [0, 0.1) is 0 Å². The highest BCUT2D eigenvalue weighted by atomic mass is 32.2. The summed E-state index contributed by atoms with van der Waals surface area (Å²) in [5.74, 6) is -0.0310. The molecule has 0 aliphatic heterocycles. The summed E-state index contributed by atoms with van der Waals surface area (Å²) in [5, 5.41) is 3.78. The summed E-state index contributed by atoms with van der Waals surface area (Å²) in [6.07, 6.45) is 1.27. The number of nitrogens with one attached hydrogen (secondary N) is 1. The molecule has 18 heavy (non-hydrogen) atoms. The van der Waals surface area contributed by atoms with Crippen molar-refractivity contribution >= 4 is 21.7 Å². The van der Waals surface area contributed by atoms with E-state index in [0.717, 1.165) is 0 Å². The Morgan fingerprint density at radius 1 is 1.39 bits per heavy atom. The first-order chi connectivity index (χ1) is 8.48. The molecule has 0 saturated carbocycles. The summed E-state index contributed by atoms with van der Waals surface area (Å²) < 4.78 is 27.5. The molecular weight excluding hydrogens is 254 g/mol. The number of aromatic nitrogens is 3. The summed E-state index contributed by atoms with van der Waals surface area (Å²) in [6, 6.07) is 6.82. The van der Waals surface area contributed by atoms with E-state index in [4.69, 9.17) is 5.73 Å². The Kier molecular flexibility index (Phi) is 3.19. The number of nitrogen functional groups attached to an aromatic ring is 1. The fraction of sp³-hybridized carbons (Fsp3) is 0.200. The number of anilines is 2. The van der Waals surface area contributed by atoms with Gasteiger partial charge >= 0.3 is 0 Å². The highest BCUT2D eigenvalue weighted by molar-refractivity contribution is 7.91. The number of nitrogens with zero attached hydrogens (tertiary/aromatic N) is 3. The van der Waals surface area contributed by atoms with Crippen LogP contribution in [0.5, 0.6) is 0 Å². The maximum absolute atomic E-state index is 11.9. The Morgan fingerprint density at radius 3 is 2.72 bits per heavy atom. The molecule has 0 saturated heterocycles. The number of hydrogen-bond acceptors (Lipinski definition) is 5. The molecule has 0 atom stereocenters. The van der Waals surface area contributed by atoms with Gasteiger partial charge in [-0.25, -0.2) is 13.1 Å². The summed E-state index contributed by atoms with van der Waals surface area (Å²) >= 11 is 0. The quantitative estimate of drug-likeness (QED) is 0.777. The molecule has 2 aromatic rings. The van der Waals surface area contributed by atoms with E-state index < -0.39 is 10.0 Å². The Balaban J connectivity index is 2.18. The van der Waals surface area contributed by atoms with Gasteiger partial charge in [0, 0.05) is 12.7 Å². The Morgan fingerprint density at radius 2 is 2.11 bits per heavy atom. The molecule has 0 amide bonds. The van der Waals surface area contributed by atoms with Crippen LogP contribution in [-0.2, 0) is 22.8 Å². The lowest BCUT2D eigenvalue weighted by molar-refractivity contribution is 0.599. The van der Waals surface area contributed by atoms with Crippen LogP contribution in [0.1, 0.15) is 5.56 Å². The Labute approximate surface area is 105 Å². The van der Waals surface area contributed by atoms with Gasteiger partial charge in [0.25, 0.3) is 0 Å². The van der Waals surface area contributed by atoms with Crippen LogP contribution in [0.2, 0.25) is 0 Å². The first-order valence-electron chi connectivity index (χ1n) is 5.16. The Hall–Kier alpha value is -2.09. The SMILES string of the molecule is Cn1ncnc1NS(=O)(=O)Cc1ccccc1N. The predicted octanol–water partition coefficient (Wildman–Crippen LogP) is 0.339. The van der Waals surface area contributed by atoms with E-state index in [-0.39, 0.29) is 11.7 Å². The van der Waals surface area contributed by atoms with Crippen molar-refractivity contribution in [2.45, 2.75) is 5.75 Å². The summed E-state index contributed by atoms with van der Waals surface area (Å²) in [7, 11) is -1.96. The molecule has 0 bridgehead atoms. The summed E-state index contributed by atoms with van der Waals surface area (Å²) in [6.45, 7) is 0. The lowest BCUT2D eigenvalue weighted by Gasteiger charge is -2.08. The maximum Gasteiger partial charge on any atom is 0.239 e. The number of rotatable bonds is 4. The number of sulfonamides is 1. The van der Waals surface area contributed by atoms with Gasteiger partial charge in [0.1, 0.15) is 6.33 Å². The van der Waals surface area contributed by atoms with Crippen LogP contribution in [0.4, 0.5) is 11.6 Å². The molecule has 1 aromatic carbocycles. The summed E-state index contributed by atoms with van der Waals surface area (Å²) in [4.78, 5) is 3.80. The first-order valence-corrected chi connectivity index (χ1v) is 6.81. The molecule has 0 aliphatic carbocycles. The zero-order valence-electron chi connectivity index (χ0n) is 9.74. The van der Waals surface area contributed by atoms with E-state index in [1.807, 2.05) is 0 Å². The normalized spacial score (nSPS) is 11.4. The van der Waals surface area contributed by atoms with Crippen molar-refractivity contribution in [1.29, 1.82) is 0 Å². The van der Waals surface area contributed by atoms with Crippen LogP contribution in [0.15, 0.2) is 30.6 Å². The van der Waals surface area contributed by atoms with Crippen LogP contribution in [0.3, 0.4) is 0 Å². The molecule has 3 N–H and O–H groups in total. The average Bonchev–Trinajstić information content (AvgIpc) is 2.67. The largest absolute Gasteiger partial charge is 0.398 e. The van der Waals surface area contributed by atoms with Gasteiger partial charge in [0.2, 0.25) is 16.0 Å². The van der Waals surface area contributed by atoms with Crippen LogP contribution < -0.4 is 10.5 Å². The third-order valence-electron chi connectivity index (χ3n) is 2.36. The van der Waals surface area contributed by atoms with Gasteiger partial charge in [-0.1, -0.05) is 18.2 Å². The van der Waals surface area contributed by atoms with Crippen molar-refractivity contribution in [3.05, 3.63) is 36.2 Å². The molecule has 2 rings (SSSR count). The number of aryl methyl sites for hydroxylation is 1. The van der Waals surface area contributed by atoms with Gasteiger partial charge in [-0.2, -0.15) is 10.1 Å². The van der Waals surface area contributed by atoms with Crippen molar-refractivity contribution in [3.8, 4) is 0 Å². The van der Waals surface area contributed by atoms with Crippen LogP contribution in [-0.4, -0.2) is 23.2 Å². The number of nitrogens with two attached hydrogens (primary N) is 1. The van der Waals surface area contributed by atoms with Crippen molar-refractivity contribution in [2.24, 2.45) is 7.05 Å². The highest BCUT2D eigenvalue weighted by Gasteiger charge is 2.15. The minimum Gasteiger partial charge on any atom is -0.398 e. The minimum atomic E-state index is -3.56. The van der Waals surface area contributed by atoms with Crippen LogP contribution in [0.25, 0.3) is 0 Å². The topological polar surface area (TPSA) is 103 Å². The van der Waals surface area contributed by atoms with Gasteiger partial charge in [0.05, 0.1) is 5.75 Å². The number of benzene rings is 1. The average molecular weight is 267 g/mol. The lowest BCUT2D eigenvalue weighted by Crippen LogP contribution is -2.18. The van der Waals surface area contributed by atoms with E-state index in [0.29, 0.717) is 11.3 Å². The van der Waals surface area contributed by atoms with E-state index in [1.165, 1.54) is 11.0 Å². The van der Waals surface area contributed by atoms with E-state index in [1.54, 1.807) is 31.3 Å². The second-order valence-electron chi connectivity index (χ2n) is 3.77. The van der Waals surface area contributed by atoms with Crippen molar-refractivity contribution in [1.82, 2.24) is 14.8 Å². The monoisotopic (exact) mass is 267 g/mol. The maximum atomic E-state index is 11.9. The highest BCUT2D eigenvalue weighted by Crippen LogP contribution is 2.15. The van der Waals surface area contributed by atoms with Crippen LogP contribution >= 0.6 is 0 Å². The molecule has 0 spiro atoms. The zero-order chi connectivity index (χ0) is 13.2. The fourth-order valence-electron chi connectivity index (χ4n) is 1.43. The van der Waals surface area contributed by atoms with Gasteiger partial charge in [-0.15, -0.1) is 0 Å². The zero-order valence-corrected chi connectivity index (χ0v) is 10.6. The number of para-hydroxylation sites is 1. The summed E-state index contributed by atoms with van der Waals surface area (Å²) in [5.41, 5.74) is 6.70.